The number of rotatable bonds is 5. The van der Waals surface area contributed by atoms with E-state index in [0.29, 0.717) is 0 Å². The van der Waals surface area contributed by atoms with E-state index in [1.54, 1.807) is 21.3 Å². The van der Waals surface area contributed by atoms with E-state index in [1.807, 2.05) is 0 Å². The van der Waals surface area contributed by atoms with Crippen molar-refractivity contribution in [3.05, 3.63) is 23.3 Å². The first-order valence-electron chi connectivity index (χ1n) is 8.81. The third kappa shape index (κ3) is 5.53. The Hall–Kier alpha value is -1.95. The summed E-state index contributed by atoms with van der Waals surface area (Å²) >= 11 is 0. The Morgan fingerprint density at radius 2 is 1.80 bits per heavy atom. The first-order valence-corrected chi connectivity index (χ1v) is 8.81. The molecule has 140 valence electrons. The van der Waals surface area contributed by atoms with Gasteiger partial charge in [-0.3, -0.25) is 9.89 Å². The van der Waals surface area contributed by atoms with E-state index in [4.69, 9.17) is 9.47 Å². The Labute approximate surface area is 151 Å². The molecule has 25 heavy (non-hydrogen) atoms. The van der Waals surface area contributed by atoms with Crippen molar-refractivity contribution in [2.24, 2.45) is 4.99 Å². The van der Waals surface area contributed by atoms with E-state index < -0.39 is 0 Å². The van der Waals surface area contributed by atoms with Gasteiger partial charge in [0.25, 0.3) is 0 Å². The van der Waals surface area contributed by atoms with Crippen LogP contribution in [-0.4, -0.2) is 57.3 Å². The van der Waals surface area contributed by atoms with E-state index in [9.17, 15) is 0 Å². The van der Waals surface area contributed by atoms with Crippen molar-refractivity contribution < 1.29 is 9.47 Å². The smallest absolute Gasteiger partial charge is 0.191 e. The summed E-state index contributed by atoms with van der Waals surface area (Å²) in [7, 11) is 5.17. The van der Waals surface area contributed by atoms with Crippen LogP contribution in [0.3, 0.4) is 0 Å². The van der Waals surface area contributed by atoms with Gasteiger partial charge in [0.1, 0.15) is 0 Å². The number of guanidine groups is 1. The molecule has 0 unspecified atom stereocenters. The van der Waals surface area contributed by atoms with Crippen molar-refractivity contribution in [2.75, 3.05) is 40.9 Å². The topological polar surface area (TPSA) is 58.1 Å². The number of nitrogens with zero attached hydrogens (tertiary/aromatic N) is 2. The Morgan fingerprint density at radius 1 is 1.16 bits per heavy atom. The molecule has 0 spiro atoms. The molecule has 0 radical (unpaired) electrons. The molecule has 1 aromatic carbocycles. The second-order valence-electron chi connectivity index (χ2n) is 7.38. The van der Waals surface area contributed by atoms with Gasteiger partial charge in [-0.25, -0.2) is 0 Å². The van der Waals surface area contributed by atoms with Crippen LogP contribution in [0, 0.1) is 0 Å². The van der Waals surface area contributed by atoms with Gasteiger partial charge in [-0.2, -0.15) is 0 Å². The van der Waals surface area contributed by atoms with Gasteiger partial charge in [-0.15, -0.1) is 0 Å². The number of fused-ring (bicyclic) bond motifs is 1. The van der Waals surface area contributed by atoms with Crippen LogP contribution in [0.5, 0.6) is 11.5 Å². The molecule has 6 heteroatoms. The van der Waals surface area contributed by atoms with Gasteiger partial charge in [0, 0.05) is 38.8 Å². The highest BCUT2D eigenvalue weighted by molar-refractivity contribution is 5.80. The fraction of sp³-hybridized carbons (Fsp3) is 0.632. The van der Waals surface area contributed by atoms with Crippen LogP contribution in [-0.2, 0) is 13.0 Å². The molecule has 0 bridgehead atoms. The summed E-state index contributed by atoms with van der Waals surface area (Å²) in [6.45, 7) is 10.2. The van der Waals surface area contributed by atoms with Gasteiger partial charge in [0.05, 0.1) is 14.2 Å². The second-order valence-corrected chi connectivity index (χ2v) is 7.38. The van der Waals surface area contributed by atoms with Crippen molar-refractivity contribution in [2.45, 2.75) is 39.3 Å². The SMILES string of the molecule is CN=C(NCCN1CCc2cc(OC)c(OC)cc2C1)NC(C)(C)C. The molecule has 2 N–H and O–H groups in total. The lowest BCUT2D eigenvalue weighted by Crippen LogP contribution is -2.49. The molecule has 0 aromatic heterocycles. The number of benzene rings is 1. The maximum absolute atomic E-state index is 5.43. The van der Waals surface area contributed by atoms with Crippen LogP contribution in [0.15, 0.2) is 17.1 Å². The predicted octanol–water partition coefficient (Wildman–Crippen LogP) is 2.03. The summed E-state index contributed by atoms with van der Waals surface area (Å²) < 4.78 is 10.8. The molecule has 0 atom stereocenters. The third-order valence-corrected chi connectivity index (χ3v) is 4.23. The average molecular weight is 348 g/mol. The lowest BCUT2D eigenvalue weighted by molar-refractivity contribution is 0.256. The van der Waals surface area contributed by atoms with E-state index in [0.717, 1.165) is 50.1 Å². The van der Waals surface area contributed by atoms with E-state index in [2.05, 4.69) is 53.4 Å². The normalized spacial score (nSPS) is 15.5. The lowest BCUT2D eigenvalue weighted by Gasteiger charge is -2.30. The first kappa shape index (κ1) is 19.4. The molecular weight excluding hydrogens is 316 g/mol. The standard InChI is InChI=1S/C19H32N4O2/c1-19(2,3)22-18(20-4)21-8-10-23-9-7-14-11-16(24-5)17(25-6)12-15(14)13-23/h11-12H,7-10,13H2,1-6H3,(H2,20,21,22). The largest absolute Gasteiger partial charge is 0.493 e. The number of hydrogen-bond acceptors (Lipinski definition) is 4. The minimum Gasteiger partial charge on any atom is -0.493 e. The maximum Gasteiger partial charge on any atom is 0.191 e. The quantitative estimate of drug-likeness (QED) is 0.630. The van der Waals surface area contributed by atoms with Gasteiger partial charge in [0.15, 0.2) is 17.5 Å². The highest BCUT2D eigenvalue weighted by Crippen LogP contribution is 2.33. The fourth-order valence-electron chi connectivity index (χ4n) is 3.00. The zero-order chi connectivity index (χ0) is 18.4. The third-order valence-electron chi connectivity index (χ3n) is 4.23. The van der Waals surface area contributed by atoms with Crippen molar-refractivity contribution in [3.8, 4) is 11.5 Å². The molecule has 0 saturated heterocycles. The van der Waals surface area contributed by atoms with Crippen molar-refractivity contribution in [1.29, 1.82) is 0 Å². The predicted molar refractivity (Wildman–Crippen MR) is 103 cm³/mol. The monoisotopic (exact) mass is 348 g/mol. The van der Waals surface area contributed by atoms with Gasteiger partial charge in [-0.1, -0.05) is 0 Å². The number of ether oxygens (including phenoxy) is 2. The Balaban J connectivity index is 1.90. The molecular formula is C19H32N4O2. The molecule has 2 rings (SSSR count). The number of nitrogens with one attached hydrogen (secondary N) is 2. The molecule has 0 fully saturated rings. The van der Waals surface area contributed by atoms with Gasteiger partial charge < -0.3 is 20.1 Å². The van der Waals surface area contributed by atoms with Crippen molar-refractivity contribution in [3.63, 3.8) is 0 Å². The van der Waals surface area contributed by atoms with Gasteiger partial charge >= 0.3 is 0 Å². The number of methoxy groups -OCH3 is 2. The van der Waals surface area contributed by atoms with E-state index in [-0.39, 0.29) is 5.54 Å². The van der Waals surface area contributed by atoms with E-state index in [1.165, 1.54) is 11.1 Å². The Morgan fingerprint density at radius 3 is 2.36 bits per heavy atom. The second kappa shape index (κ2) is 8.43. The van der Waals surface area contributed by atoms with Crippen LogP contribution in [0.1, 0.15) is 31.9 Å². The van der Waals surface area contributed by atoms with Crippen molar-refractivity contribution >= 4 is 5.96 Å². The Bertz CT molecular complexity index is 608. The summed E-state index contributed by atoms with van der Waals surface area (Å²) in [5.74, 6) is 2.46. The minimum absolute atomic E-state index is 0.00151. The molecule has 0 aliphatic carbocycles. The summed E-state index contributed by atoms with van der Waals surface area (Å²) in [6.07, 6.45) is 1.03. The molecule has 1 aliphatic rings. The van der Waals surface area contributed by atoms with Gasteiger partial charge in [-0.05, 0) is 50.5 Å². The average Bonchev–Trinajstić information content (AvgIpc) is 2.58. The first-order chi connectivity index (χ1) is 11.9. The lowest BCUT2D eigenvalue weighted by atomic mass is 9.99. The zero-order valence-corrected chi connectivity index (χ0v) is 16.4. The van der Waals surface area contributed by atoms with Crippen LogP contribution < -0.4 is 20.1 Å². The Kier molecular flexibility index (Phi) is 6.53. The van der Waals surface area contributed by atoms with Crippen LogP contribution in [0.2, 0.25) is 0 Å². The number of hydrogen-bond donors (Lipinski definition) is 2. The van der Waals surface area contributed by atoms with Crippen molar-refractivity contribution in [1.82, 2.24) is 15.5 Å². The molecule has 1 aromatic rings. The van der Waals surface area contributed by atoms with Gasteiger partial charge in [0.2, 0.25) is 0 Å². The van der Waals surface area contributed by atoms with Crippen LogP contribution in [0.25, 0.3) is 0 Å². The van der Waals surface area contributed by atoms with E-state index >= 15 is 0 Å². The molecule has 1 heterocycles. The summed E-state index contributed by atoms with van der Waals surface area (Å²) in [4.78, 5) is 6.73. The molecule has 1 aliphatic heterocycles. The summed E-state index contributed by atoms with van der Waals surface area (Å²) in [6, 6.07) is 4.21. The minimum atomic E-state index is 0.00151. The zero-order valence-electron chi connectivity index (χ0n) is 16.4. The number of aliphatic imine (C=N–C) groups is 1. The fourth-order valence-corrected chi connectivity index (χ4v) is 3.00. The van der Waals surface area contributed by atoms with Crippen LogP contribution in [0.4, 0.5) is 0 Å². The molecule has 6 nitrogen and oxygen atoms in total. The molecule has 0 amide bonds. The molecule has 0 saturated carbocycles. The van der Waals surface area contributed by atoms with Crippen LogP contribution >= 0.6 is 0 Å². The maximum atomic E-state index is 5.43. The highest BCUT2D eigenvalue weighted by Gasteiger charge is 2.19. The summed E-state index contributed by atoms with van der Waals surface area (Å²) in [5, 5.41) is 6.77. The highest BCUT2D eigenvalue weighted by atomic mass is 16.5. The summed E-state index contributed by atoms with van der Waals surface area (Å²) in [5.41, 5.74) is 2.68.